The molecule has 0 saturated heterocycles. The van der Waals surface area contributed by atoms with Gasteiger partial charge < -0.3 is 5.32 Å². The van der Waals surface area contributed by atoms with Gasteiger partial charge in [0.05, 0.1) is 22.4 Å². The van der Waals surface area contributed by atoms with E-state index in [4.69, 9.17) is 0 Å². The number of fused-ring (bicyclic) bond motifs is 1. The first-order valence-electron chi connectivity index (χ1n) is 9.46. The van der Waals surface area contributed by atoms with E-state index in [9.17, 15) is 18.0 Å². The van der Waals surface area contributed by atoms with Crippen LogP contribution in [0.4, 0.5) is 11.4 Å². The summed E-state index contributed by atoms with van der Waals surface area (Å²) in [6.07, 6.45) is 0.0555. The highest BCUT2D eigenvalue weighted by Crippen LogP contribution is 2.26. The number of nitrogens with zero attached hydrogens (tertiary/aromatic N) is 2. The number of imidazole rings is 1. The van der Waals surface area contributed by atoms with Crippen molar-refractivity contribution in [2.45, 2.75) is 17.2 Å². The zero-order chi connectivity index (χ0) is 22.0. The molecule has 4 rings (SSSR count). The predicted molar refractivity (Wildman–Crippen MR) is 122 cm³/mol. The summed E-state index contributed by atoms with van der Waals surface area (Å²) in [7, 11) is -2.05. The van der Waals surface area contributed by atoms with Crippen LogP contribution < -0.4 is 15.7 Å². The van der Waals surface area contributed by atoms with Crippen LogP contribution in [0.25, 0.3) is 11.0 Å². The lowest BCUT2D eigenvalue weighted by atomic mass is 10.2. The monoisotopic (exact) mass is 456 g/mol. The first-order valence-corrected chi connectivity index (χ1v) is 11.8. The third-order valence-electron chi connectivity index (χ3n) is 4.82. The van der Waals surface area contributed by atoms with Crippen molar-refractivity contribution in [1.82, 2.24) is 9.13 Å². The third kappa shape index (κ3) is 4.25. The van der Waals surface area contributed by atoms with Crippen molar-refractivity contribution in [2.24, 2.45) is 7.05 Å². The number of nitrogens with one attached hydrogen (secondary N) is 2. The Morgan fingerprint density at radius 1 is 0.968 bits per heavy atom. The molecule has 0 spiro atoms. The highest BCUT2D eigenvalue weighted by Gasteiger charge is 2.18. The van der Waals surface area contributed by atoms with Gasteiger partial charge in [-0.3, -0.25) is 18.7 Å². The summed E-state index contributed by atoms with van der Waals surface area (Å²) in [5.41, 5.74) is 1.97. The van der Waals surface area contributed by atoms with Gasteiger partial charge in [-0.05, 0) is 35.7 Å². The Hall–Kier alpha value is -3.37. The minimum absolute atomic E-state index is 0.0555. The summed E-state index contributed by atoms with van der Waals surface area (Å²) >= 11 is 1.11. The molecule has 1 amide bonds. The van der Waals surface area contributed by atoms with E-state index in [2.05, 4.69) is 10.0 Å². The average Bonchev–Trinajstić information content (AvgIpc) is 3.37. The summed E-state index contributed by atoms with van der Waals surface area (Å²) in [4.78, 5) is 25.1. The second-order valence-corrected chi connectivity index (χ2v) is 9.72. The van der Waals surface area contributed by atoms with Gasteiger partial charge in [-0.2, -0.15) is 0 Å². The highest BCUT2D eigenvalue weighted by molar-refractivity contribution is 7.94. The van der Waals surface area contributed by atoms with Gasteiger partial charge in [0.2, 0.25) is 5.91 Å². The molecule has 4 aromatic rings. The van der Waals surface area contributed by atoms with Crippen LogP contribution in [0.2, 0.25) is 0 Å². The molecular weight excluding hydrogens is 436 g/mol. The van der Waals surface area contributed by atoms with Crippen molar-refractivity contribution < 1.29 is 13.2 Å². The molecule has 0 saturated carbocycles. The van der Waals surface area contributed by atoms with Crippen LogP contribution in [0.3, 0.4) is 0 Å². The molecule has 0 atom stereocenters. The van der Waals surface area contributed by atoms with Crippen molar-refractivity contribution in [3.8, 4) is 0 Å². The van der Waals surface area contributed by atoms with Crippen molar-refractivity contribution >= 4 is 49.7 Å². The van der Waals surface area contributed by atoms with Crippen LogP contribution in [0.1, 0.15) is 6.42 Å². The lowest BCUT2D eigenvalue weighted by Crippen LogP contribution is -2.24. The maximum Gasteiger partial charge on any atom is 0.328 e. The number of hydrogen-bond acceptors (Lipinski definition) is 5. The number of para-hydroxylation sites is 4. The standard InChI is InChI=1S/C21H20N4O4S2/c1-24-17-9-4-5-10-18(17)25(21(24)27)13-12-19(26)22-15-7-2-3-8-16(15)23-31(28,29)20-11-6-14-30-20/h2-11,14,23H,12-13H2,1H3,(H,22,26). The topological polar surface area (TPSA) is 102 Å². The number of carbonyl (C=O) groups excluding carboxylic acids is 1. The number of sulfonamides is 1. The molecule has 2 heterocycles. The Bertz CT molecular complexity index is 1400. The van der Waals surface area contributed by atoms with E-state index in [0.717, 1.165) is 22.4 Å². The van der Waals surface area contributed by atoms with E-state index in [1.165, 1.54) is 6.07 Å². The molecule has 8 nitrogen and oxygen atoms in total. The lowest BCUT2D eigenvalue weighted by molar-refractivity contribution is -0.116. The average molecular weight is 457 g/mol. The molecule has 2 aromatic carbocycles. The minimum Gasteiger partial charge on any atom is -0.324 e. The van der Waals surface area contributed by atoms with Gasteiger partial charge in [0.15, 0.2) is 0 Å². The van der Waals surface area contributed by atoms with E-state index in [0.29, 0.717) is 5.69 Å². The first-order chi connectivity index (χ1) is 14.9. The molecular formula is C21H20N4O4S2. The van der Waals surface area contributed by atoms with Crippen molar-refractivity contribution in [3.63, 3.8) is 0 Å². The third-order valence-corrected chi connectivity index (χ3v) is 7.58. The van der Waals surface area contributed by atoms with Crippen LogP contribution in [0.15, 0.2) is 75.0 Å². The summed E-state index contributed by atoms with van der Waals surface area (Å²) in [6, 6.07) is 17.1. The van der Waals surface area contributed by atoms with Gasteiger partial charge >= 0.3 is 5.69 Å². The quantitative estimate of drug-likeness (QED) is 0.446. The summed E-state index contributed by atoms with van der Waals surface area (Å²) in [5, 5.41) is 4.42. The molecule has 2 aromatic heterocycles. The number of aryl methyl sites for hydroxylation is 2. The van der Waals surface area contributed by atoms with Crippen LogP contribution in [0.5, 0.6) is 0 Å². The summed E-state index contributed by atoms with van der Waals surface area (Å²) in [6.45, 7) is 0.203. The molecule has 0 aliphatic heterocycles. The van der Waals surface area contributed by atoms with E-state index in [1.54, 1.807) is 51.9 Å². The van der Waals surface area contributed by atoms with E-state index < -0.39 is 10.0 Å². The molecule has 160 valence electrons. The lowest BCUT2D eigenvalue weighted by Gasteiger charge is -2.13. The van der Waals surface area contributed by atoms with Gasteiger partial charge in [0, 0.05) is 20.0 Å². The maximum absolute atomic E-state index is 12.6. The Labute approximate surface area is 182 Å². The highest BCUT2D eigenvalue weighted by atomic mass is 32.2. The van der Waals surface area contributed by atoms with Crippen molar-refractivity contribution in [3.05, 3.63) is 76.5 Å². The molecule has 0 unspecified atom stereocenters. The van der Waals surface area contributed by atoms with Crippen molar-refractivity contribution in [1.29, 1.82) is 0 Å². The second kappa shape index (κ2) is 8.40. The van der Waals surface area contributed by atoms with Gasteiger partial charge in [0.1, 0.15) is 4.21 Å². The fourth-order valence-corrected chi connectivity index (χ4v) is 5.37. The smallest absolute Gasteiger partial charge is 0.324 e. The normalized spacial score (nSPS) is 11.5. The first kappa shape index (κ1) is 20.9. The second-order valence-electron chi connectivity index (χ2n) is 6.86. The van der Waals surface area contributed by atoms with Gasteiger partial charge in [-0.1, -0.05) is 30.3 Å². The van der Waals surface area contributed by atoms with Crippen LogP contribution >= 0.6 is 11.3 Å². The molecule has 31 heavy (non-hydrogen) atoms. The Morgan fingerprint density at radius 3 is 2.35 bits per heavy atom. The maximum atomic E-state index is 12.6. The fourth-order valence-electron chi connectivity index (χ4n) is 3.30. The number of carbonyl (C=O) groups is 1. The van der Waals surface area contributed by atoms with Crippen LogP contribution in [0, 0.1) is 0 Å². The largest absolute Gasteiger partial charge is 0.328 e. The molecule has 0 bridgehead atoms. The number of thiophene rings is 1. The van der Waals surface area contributed by atoms with E-state index in [1.807, 2.05) is 24.3 Å². The number of amides is 1. The van der Waals surface area contributed by atoms with E-state index in [-0.39, 0.29) is 34.5 Å². The molecule has 2 N–H and O–H groups in total. The SMILES string of the molecule is Cn1c(=O)n(CCC(=O)Nc2ccccc2NS(=O)(=O)c2cccs2)c2ccccc21. The molecule has 0 aliphatic rings. The summed E-state index contributed by atoms with van der Waals surface area (Å²) in [5.74, 6) is -0.331. The predicted octanol–water partition coefficient (Wildman–Crippen LogP) is 3.23. The van der Waals surface area contributed by atoms with Gasteiger partial charge in [0.25, 0.3) is 10.0 Å². The summed E-state index contributed by atoms with van der Waals surface area (Å²) < 4.78 is 30.8. The number of benzene rings is 2. The van der Waals surface area contributed by atoms with Gasteiger partial charge in [-0.15, -0.1) is 11.3 Å². The molecule has 0 radical (unpaired) electrons. The number of anilines is 2. The Balaban J connectivity index is 1.49. The Morgan fingerprint density at radius 2 is 1.65 bits per heavy atom. The number of aromatic nitrogens is 2. The molecule has 10 heteroatoms. The zero-order valence-electron chi connectivity index (χ0n) is 16.6. The van der Waals surface area contributed by atoms with E-state index >= 15 is 0 Å². The molecule has 0 aliphatic carbocycles. The zero-order valence-corrected chi connectivity index (χ0v) is 18.2. The Kier molecular flexibility index (Phi) is 5.66. The van der Waals surface area contributed by atoms with Crippen molar-refractivity contribution in [2.75, 3.05) is 10.0 Å². The molecule has 0 fully saturated rings. The number of hydrogen-bond donors (Lipinski definition) is 2. The fraction of sp³-hybridized carbons (Fsp3) is 0.143. The van der Waals surface area contributed by atoms with Crippen LogP contribution in [-0.2, 0) is 28.4 Å². The number of rotatable bonds is 7. The van der Waals surface area contributed by atoms with Gasteiger partial charge in [-0.25, -0.2) is 13.2 Å². The minimum atomic E-state index is -3.74. The van der Waals surface area contributed by atoms with Crippen LogP contribution in [-0.4, -0.2) is 23.5 Å².